The first-order valence-corrected chi connectivity index (χ1v) is 11.3. The quantitative estimate of drug-likeness (QED) is 0.501. The summed E-state index contributed by atoms with van der Waals surface area (Å²) in [5.74, 6) is 0.00241. The van der Waals surface area contributed by atoms with Crippen molar-refractivity contribution in [1.82, 2.24) is 4.90 Å². The molecule has 33 heavy (non-hydrogen) atoms. The van der Waals surface area contributed by atoms with Crippen LogP contribution < -0.4 is 9.64 Å². The molecule has 166 valence electrons. The number of hydrogen-bond donors (Lipinski definition) is 0. The number of ether oxygens (including phenoxy) is 1. The average molecular weight is 459 g/mol. The molecule has 0 saturated carbocycles. The predicted octanol–water partition coefficient (Wildman–Crippen LogP) is 4.73. The lowest BCUT2D eigenvalue weighted by atomic mass is 10.0. The lowest BCUT2D eigenvalue weighted by Crippen LogP contribution is -2.36. The minimum Gasteiger partial charge on any atom is -0.496 e. The largest absolute Gasteiger partial charge is 0.496 e. The fourth-order valence-electron chi connectivity index (χ4n) is 4.57. The Morgan fingerprint density at radius 2 is 1.64 bits per heavy atom. The van der Waals surface area contributed by atoms with Gasteiger partial charge in [0.2, 0.25) is 0 Å². The summed E-state index contributed by atoms with van der Waals surface area (Å²) in [4.78, 5) is 30.7. The molecule has 3 aromatic rings. The summed E-state index contributed by atoms with van der Waals surface area (Å²) < 4.78 is 5.55. The van der Waals surface area contributed by atoms with Crippen LogP contribution in [0.3, 0.4) is 0 Å². The van der Waals surface area contributed by atoms with Gasteiger partial charge in [-0.15, -0.1) is 0 Å². The first-order valence-electron chi connectivity index (χ1n) is 10.9. The molecule has 0 atom stereocenters. The van der Waals surface area contributed by atoms with Crippen molar-refractivity contribution in [2.45, 2.75) is 12.8 Å². The lowest BCUT2D eigenvalue weighted by molar-refractivity contribution is -0.136. The average Bonchev–Trinajstić information content (AvgIpc) is 3.37. The molecule has 6 heteroatoms. The number of halogens is 1. The van der Waals surface area contributed by atoms with Gasteiger partial charge < -0.3 is 9.64 Å². The van der Waals surface area contributed by atoms with Gasteiger partial charge in [-0.25, -0.2) is 0 Å². The van der Waals surface area contributed by atoms with Crippen LogP contribution in [0.2, 0.25) is 5.02 Å². The van der Waals surface area contributed by atoms with Crippen molar-refractivity contribution in [3.05, 3.63) is 100 Å². The molecular weight excluding hydrogens is 436 g/mol. The Kier molecular flexibility index (Phi) is 5.65. The number of amides is 2. The molecule has 0 aliphatic carbocycles. The van der Waals surface area contributed by atoms with Gasteiger partial charge in [-0.1, -0.05) is 60.1 Å². The van der Waals surface area contributed by atoms with Crippen LogP contribution in [0.1, 0.15) is 16.7 Å². The smallest absolute Gasteiger partial charge is 0.278 e. The fourth-order valence-corrected chi connectivity index (χ4v) is 4.70. The SMILES string of the molecule is COc1ccccc1C1=C(N2CCc3ccccc32)C(=O)N(CCc2ccc(Cl)cc2)C1=O. The number of rotatable bonds is 6. The number of carbonyl (C=O) groups is 2. The third kappa shape index (κ3) is 3.79. The summed E-state index contributed by atoms with van der Waals surface area (Å²) in [6, 6.07) is 22.8. The Morgan fingerprint density at radius 3 is 2.42 bits per heavy atom. The molecule has 2 heterocycles. The van der Waals surface area contributed by atoms with E-state index in [1.54, 1.807) is 7.11 Å². The zero-order valence-electron chi connectivity index (χ0n) is 18.3. The molecule has 3 aromatic carbocycles. The first kappa shape index (κ1) is 21.3. The number of methoxy groups -OCH3 is 1. The van der Waals surface area contributed by atoms with Gasteiger partial charge in [0, 0.05) is 29.4 Å². The van der Waals surface area contributed by atoms with Crippen LogP contribution in [0.5, 0.6) is 5.75 Å². The second-order valence-electron chi connectivity index (χ2n) is 8.09. The highest BCUT2D eigenvalue weighted by Crippen LogP contribution is 2.40. The van der Waals surface area contributed by atoms with E-state index in [4.69, 9.17) is 16.3 Å². The zero-order valence-corrected chi connectivity index (χ0v) is 19.0. The second kappa shape index (κ2) is 8.75. The van der Waals surface area contributed by atoms with E-state index in [0.29, 0.717) is 40.6 Å². The van der Waals surface area contributed by atoms with Gasteiger partial charge in [0.05, 0.1) is 12.7 Å². The Balaban J connectivity index is 1.56. The van der Waals surface area contributed by atoms with Crippen LogP contribution in [0, 0.1) is 0 Å². The molecule has 0 spiro atoms. The molecule has 5 rings (SSSR count). The minimum atomic E-state index is -0.294. The summed E-state index contributed by atoms with van der Waals surface area (Å²) in [6.45, 7) is 0.939. The predicted molar refractivity (Wildman–Crippen MR) is 129 cm³/mol. The molecule has 2 aliphatic rings. The fraction of sp³-hybridized carbons (Fsp3) is 0.185. The van der Waals surface area contributed by atoms with Crippen molar-refractivity contribution in [1.29, 1.82) is 0 Å². The summed E-state index contributed by atoms with van der Waals surface area (Å²) in [6.07, 6.45) is 1.38. The number of imide groups is 1. The maximum atomic E-state index is 13.7. The first-order chi connectivity index (χ1) is 16.1. The van der Waals surface area contributed by atoms with Crippen LogP contribution in [0.15, 0.2) is 78.5 Å². The molecule has 0 fully saturated rings. The van der Waals surface area contributed by atoms with E-state index in [-0.39, 0.29) is 18.4 Å². The van der Waals surface area contributed by atoms with Crippen LogP contribution in [-0.2, 0) is 22.4 Å². The van der Waals surface area contributed by atoms with E-state index in [0.717, 1.165) is 17.7 Å². The summed E-state index contributed by atoms with van der Waals surface area (Å²) in [7, 11) is 1.57. The number of hydrogen-bond acceptors (Lipinski definition) is 4. The van der Waals surface area contributed by atoms with Gasteiger partial charge >= 0.3 is 0 Å². The summed E-state index contributed by atoms with van der Waals surface area (Å²) >= 11 is 5.99. The lowest BCUT2D eigenvalue weighted by Gasteiger charge is -2.22. The third-order valence-electron chi connectivity index (χ3n) is 6.21. The Hall–Kier alpha value is -3.57. The van der Waals surface area contributed by atoms with Crippen molar-refractivity contribution in [2.24, 2.45) is 0 Å². The molecule has 0 aromatic heterocycles. The molecule has 0 N–H and O–H groups in total. The molecule has 5 nitrogen and oxygen atoms in total. The topological polar surface area (TPSA) is 49.9 Å². The zero-order chi connectivity index (χ0) is 22.9. The number of nitrogens with zero attached hydrogens (tertiary/aromatic N) is 2. The molecule has 2 amide bonds. The molecule has 0 saturated heterocycles. The van der Waals surface area contributed by atoms with Crippen molar-refractivity contribution in [2.75, 3.05) is 25.1 Å². The normalized spacial score (nSPS) is 15.5. The van der Waals surface area contributed by atoms with E-state index in [1.807, 2.05) is 71.6 Å². The molecular formula is C27H23ClN2O3. The van der Waals surface area contributed by atoms with Gasteiger partial charge in [0.1, 0.15) is 11.4 Å². The highest BCUT2D eigenvalue weighted by Gasteiger charge is 2.43. The van der Waals surface area contributed by atoms with E-state index in [2.05, 4.69) is 6.07 Å². The second-order valence-corrected chi connectivity index (χ2v) is 8.53. The van der Waals surface area contributed by atoms with Gasteiger partial charge in [0.25, 0.3) is 11.8 Å². The van der Waals surface area contributed by atoms with E-state index in [9.17, 15) is 9.59 Å². The maximum Gasteiger partial charge on any atom is 0.278 e. The van der Waals surface area contributed by atoms with E-state index >= 15 is 0 Å². The molecule has 2 aliphatic heterocycles. The van der Waals surface area contributed by atoms with Gasteiger partial charge in [0.15, 0.2) is 0 Å². The molecule has 0 bridgehead atoms. The van der Waals surface area contributed by atoms with Gasteiger partial charge in [-0.05, 0) is 48.2 Å². The van der Waals surface area contributed by atoms with E-state index < -0.39 is 0 Å². The summed E-state index contributed by atoms with van der Waals surface area (Å²) in [5.41, 5.74) is 4.60. The number of para-hydroxylation sites is 2. The standard InChI is InChI=1S/C27H23ClN2O3/c1-33-23-9-5-3-7-21(23)24-25(29-17-15-19-6-2-4-8-22(19)29)27(32)30(26(24)31)16-14-18-10-12-20(28)13-11-18/h2-13H,14-17H2,1H3. The number of carbonyl (C=O) groups excluding carboxylic acids is 2. The Bertz CT molecular complexity index is 1270. The van der Waals surface area contributed by atoms with Crippen LogP contribution >= 0.6 is 11.6 Å². The van der Waals surface area contributed by atoms with Gasteiger partial charge in [-0.3, -0.25) is 14.5 Å². The Labute approximate surface area is 197 Å². The Morgan fingerprint density at radius 1 is 0.909 bits per heavy atom. The van der Waals surface area contributed by atoms with Crippen LogP contribution in [0.4, 0.5) is 5.69 Å². The highest BCUT2D eigenvalue weighted by atomic mass is 35.5. The van der Waals surface area contributed by atoms with Crippen molar-refractivity contribution < 1.29 is 14.3 Å². The van der Waals surface area contributed by atoms with Crippen molar-refractivity contribution in [3.63, 3.8) is 0 Å². The highest BCUT2D eigenvalue weighted by molar-refractivity contribution is 6.37. The maximum absolute atomic E-state index is 13.7. The minimum absolute atomic E-state index is 0.272. The number of fused-ring (bicyclic) bond motifs is 1. The van der Waals surface area contributed by atoms with Crippen molar-refractivity contribution in [3.8, 4) is 5.75 Å². The van der Waals surface area contributed by atoms with Crippen LogP contribution in [0.25, 0.3) is 5.57 Å². The van der Waals surface area contributed by atoms with E-state index in [1.165, 1.54) is 10.5 Å². The van der Waals surface area contributed by atoms with Gasteiger partial charge in [-0.2, -0.15) is 0 Å². The number of benzene rings is 3. The molecule has 0 unspecified atom stereocenters. The third-order valence-corrected chi connectivity index (χ3v) is 6.47. The molecule has 0 radical (unpaired) electrons. The monoisotopic (exact) mass is 458 g/mol. The summed E-state index contributed by atoms with van der Waals surface area (Å²) in [5, 5.41) is 0.655. The van der Waals surface area contributed by atoms with Crippen molar-refractivity contribution >= 4 is 34.7 Å². The van der Waals surface area contributed by atoms with Crippen LogP contribution in [-0.4, -0.2) is 36.9 Å². The number of anilines is 1.